The van der Waals surface area contributed by atoms with Crippen LogP contribution in [0.5, 0.6) is 5.75 Å². The van der Waals surface area contributed by atoms with Crippen molar-refractivity contribution in [2.45, 2.75) is 45.1 Å². The van der Waals surface area contributed by atoms with Crippen LogP contribution in [0.3, 0.4) is 0 Å². The summed E-state index contributed by atoms with van der Waals surface area (Å²) in [5.74, 6) is 6.98. The van der Waals surface area contributed by atoms with Gasteiger partial charge >= 0.3 is 5.97 Å². The van der Waals surface area contributed by atoms with Gasteiger partial charge in [-0.2, -0.15) is 0 Å². The number of fused-ring (bicyclic) bond motifs is 1. The number of hydrogen-bond acceptors (Lipinski definition) is 6. The Morgan fingerprint density at radius 3 is 2.50 bits per heavy atom. The predicted molar refractivity (Wildman–Crippen MR) is 161 cm³/mol. The standard InChI is InChI=1S/C32H23Cl3N2O5/c1-16(2)31-36-26-13-17(12-21(32(38)39)30(26)41-31)6-7-18-10-11-20(14-25(18)35)40-15-22-28(37-42-29(22)19-8-9-19)27-23(33)4-3-5-24(27)34/h3-5,10-14,16,19H,8-9,15H2,1-2H3,(H,38,39). The zero-order valence-corrected chi connectivity index (χ0v) is 24.8. The first kappa shape index (κ1) is 28.2. The van der Waals surface area contributed by atoms with Gasteiger partial charge in [0.05, 0.1) is 20.6 Å². The van der Waals surface area contributed by atoms with E-state index in [0.29, 0.717) is 60.5 Å². The minimum atomic E-state index is -1.12. The Kier molecular flexibility index (Phi) is 7.63. The summed E-state index contributed by atoms with van der Waals surface area (Å²) in [4.78, 5) is 16.3. The number of carbonyl (C=O) groups is 1. The van der Waals surface area contributed by atoms with E-state index in [0.717, 1.165) is 24.2 Å². The first-order chi connectivity index (χ1) is 20.2. The molecule has 3 aromatic carbocycles. The van der Waals surface area contributed by atoms with E-state index in [1.54, 1.807) is 42.5 Å². The Morgan fingerprint density at radius 2 is 1.83 bits per heavy atom. The van der Waals surface area contributed by atoms with Crippen molar-refractivity contribution < 1.29 is 23.6 Å². The van der Waals surface area contributed by atoms with Gasteiger partial charge in [-0.15, -0.1) is 0 Å². The molecule has 0 radical (unpaired) electrons. The van der Waals surface area contributed by atoms with Crippen molar-refractivity contribution in [1.29, 1.82) is 0 Å². The zero-order valence-electron chi connectivity index (χ0n) is 22.5. The number of halogens is 3. The van der Waals surface area contributed by atoms with Crippen LogP contribution >= 0.6 is 34.8 Å². The van der Waals surface area contributed by atoms with Gasteiger partial charge in [-0.05, 0) is 49.2 Å². The largest absolute Gasteiger partial charge is 0.489 e. The quantitative estimate of drug-likeness (QED) is 0.181. The molecule has 0 saturated heterocycles. The van der Waals surface area contributed by atoms with Crippen LogP contribution in [0.25, 0.3) is 22.4 Å². The average molecular weight is 622 g/mol. The van der Waals surface area contributed by atoms with Gasteiger partial charge in [-0.25, -0.2) is 9.78 Å². The minimum absolute atomic E-state index is 0.00259. The third-order valence-electron chi connectivity index (χ3n) is 6.86. The second-order valence-corrected chi connectivity index (χ2v) is 11.5. The molecule has 7 nitrogen and oxygen atoms in total. The highest BCUT2D eigenvalue weighted by molar-refractivity contribution is 6.39. The molecule has 1 aliphatic carbocycles. The smallest absolute Gasteiger partial charge is 0.339 e. The van der Waals surface area contributed by atoms with E-state index in [1.807, 2.05) is 13.8 Å². The lowest BCUT2D eigenvalue weighted by Gasteiger charge is -2.10. The molecule has 2 heterocycles. The number of nitrogens with zero attached hydrogens (tertiary/aromatic N) is 2. The molecule has 0 spiro atoms. The van der Waals surface area contributed by atoms with Gasteiger partial charge in [0.15, 0.2) is 11.5 Å². The van der Waals surface area contributed by atoms with Gasteiger partial charge in [-0.1, -0.05) is 71.7 Å². The highest BCUT2D eigenvalue weighted by Crippen LogP contribution is 2.46. The number of aromatic carboxylic acids is 1. The van der Waals surface area contributed by atoms with Crippen molar-refractivity contribution in [3.05, 3.63) is 97.5 Å². The summed E-state index contributed by atoms with van der Waals surface area (Å²) in [6, 6.07) is 13.7. The number of oxazole rings is 1. The summed E-state index contributed by atoms with van der Waals surface area (Å²) in [6.07, 6.45) is 2.04. The first-order valence-electron chi connectivity index (χ1n) is 13.2. The second-order valence-electron chi connectivity index (χ2n) is 10.3. The molecule has 0 atom stereocenters. The fourth-order valence-corrected chi connectivity index (χ4v) is 5.35. The number of ether oxygens (including phenoxy) is 1. The van der Waals surface area contributed by atoms with E-state index in [-0.39, 0.29) is 23.7 Å². The van der Waals surface area contributed by atoms with Crippen molar-refractivity contribution >= 4 is 51.9 Å². The molecule has 0 amide bonds. The van der Waals surface area contributed by atoms with Crippen molar-refractivity contribution in [3.8, 4) is 28.8 Å². The van der Waals surface area contributed by atoms with Crippen LogP contribution < -0.4 is 4.74 Å². The lowest BCUT2D eigenvalue weighted by atomic mass is 10.0. The Bertz CT molecular complexity index is 1890. The maximum Gasteiger partial charge on any atom is 0.339 e. The molecule has 6 rings (SSSR count). The monoisotopic (exact) mass is 620 g/mol. The number of aromatic nitrogens is 2. The van der Waals surface area contributed by atoms with E-state index in [2.05, 4.69) is 22.0 Å². The Labute approximate surface area is 256 Å². The number of carboxylic acid groups (broad SMARTS) is 1. The first-order valence-corrected chi connectivity index (χ1v) is 14.4. The molecule has 1 N–H and O–H groups in total. The zero-order chi connectivity index (χ0) is 29.5. The van der Waals surface area contributed by atoms with Crippen molar-refractivity contribution in [1.82, 2.24) is 10.1 Å². The topological polar surface area (TPSA) is 98.6 Å². The second kappa shape index (κ2) is 11.4. The summed E-state index contributed by atoms with van der Waals surface area (Å²) >= 11 is 19.5. The fraction of sp³-hybridized carbons (Fsp3) is 0.219. The Balaban J connectivity index is 1.25. The molecular weight excluding hydrogens is 599 g/mol. The third kappa shape index (κ3) is 5.58. The molecule has 0 unspecified atom stereocenters. The normalized spacial score (nSPS) is 12.9. The highest BCUT2D eigenvalue weighted by Gasteiger charge is 2.33. The number of hydrogen-bond donors (Lipinski definition) is 1. The summed E-state index contributed by atoms with van der Waals surface area (Å²) in [6.45, 7) is 4.03. The molecule has 2 aromatic heterocycles. The van der Waals surface area contributed by atoms with Crippen LogP contribution in [-0.2, 0) is 6.61 Å². The Morgan fingerprint density at radius 1 is 1.07 bits per heavy atom. The van der Waals surface area contributed by atoms with Crippen LogP contribution in [-0.4, -0.2) is 21.2 Å². The van der Waals surface area contributed by atoms with Crippen LogP contribution in [0, 0.1) is 11.8 Å². The molecule has 5 aromatic rings. The third-order valence-corrected chi connectivity index (χ3v) is 7.81. The van der Waals surface area contributed by atoms with Crippen LogP contribution in [0.2, 0.25) is 15.1 Å². The van der Waals surface area contributed by atoms with Crippen molar-refractivity contribution in [2.75, 3.05) is 0 Å². The van der Waals surface area contributed by atoms with Crippen LogP contribution in [0.4, 0.5) is 0 Å². The molecule has 1 aliphatic rings. The maximum atomic E-state index is 11.9. The van der Waals surface area contributed by atoms with Gasteiger partial charge in [0.2, 0.25) is 0 Å². The molecular formula is C32H23Cl3N2O5. The molecule has 42 heavy (non-hydrogen) atoms. The van der Waals surface area contributed by atoms with E-state index >= 15 is 0 Å². The summed E-state index contributed by atoms with van der Waals surface area (Å²) in [5.41, 5.74) is 3.67. The van der Waals surface area contributed by atoms with Gasteiger partial charge in [0.25, 0.3) is 0 Å². The lowest BCUT2D eigenvalue weighted by molar-refractivity contribution is 0.0697. The predicted octanol–water partition coefficient (Wildman–Crippen LogP) is 9.12. The SMILES string of the molecule is CC(C)c1nc2cc(C#Cc3ccc(OCc4c(-c5c(Cl)cccc5Cl)noc4C4CC4)cc3Cl)cc(C(=O)O)c2o1. The summed E-state index contributed by atoms with van der Waals surface area (Å²) < 4.78 is 17.5. The van der Waals surface area contributed by atoms with E-state index < -0.39 is 5.97 Å². The summed E-state index contributed by atoms with van der Waals surface area (Å²) in [7, 11) is 0. The Hall–Kier alpha value is -3.96. The number of carboxylic acids is 1. The van der Waals surface area contributed by atoms with Gasteiger partial charge < -0.3 is 18.8 Å². The highest BCUT2D eigenvalue weighted by atomic mass is 35.5. The van der Waals surface area contributed by atoms with Gasteiger partial charge in [0.1, 0.15) is 34.9 Å². The lowest BCUT2D eigenvalue weighted by Crippen LogP contribution is -2.00. The molecule has 1 saturated carbocycles. The minimum Gasteiger partial charge on any atom is -0.489 e. The van der Waals surface area contributed by atoms with Crippen LogP contribution in [0.1, 0.15) is 77.2 Å². The number of benzene rings is 3. The molecule has 212 valence electrons. The van der Waals surface area contributed by atoms with E-state index in [4.69, 9.17) is 48.5 Å². The van der Waals surface area contributed by atoms with Gasteiger partial charge in [-0.3, -0.25) is 0 Å². The molecule has 1 fully saturated rings. The molecule has 0 bridgehead atoms. The van der Waals surface area contributed by atoms with Gasteiger partial charge in [0, 0.05) is 34.6 Å². The van der Waals surface area contributed by atoms with E-state index in [9.17, 15) is 9.90 Å². The summed E-state index contributed by atoms with van der Waals surface area (Å²) in [5, 5.41) is 15.3. The fourth-order valence-electron chi connectivity index (χ4n) is 4.56. The molecule has 10 heteroatoms. The van der Waals surface area contributed by atoms with Crippen LogP contribution in [0.15, 0.2) is 57.5 Å². The van der Waals surface area contributed by atoms with Crippen molar-refractivity contribution in [3.63, 3.8) is 0 Å². The van der Waals surface area contributed by atoms with Crippen molar-refractivity contribution in [2.24, 2.45) is 0 Å². The average Bonchev–Trinajstić information content (AvgIpc) is 3.56. The number of rotatable bonds is 7. The molecule has 0 aliphatic heterocycles. The maximum absolute atomic E-state index is 11.9. The van der Waals surface area contributed by atoms with E-state index in [1.165, 1.54) is 6.07 Å².